The van der Waals surface area contributed by atoms with Gasteiger partial charge in [0.25, 0.3) is 0 Å². The summed E-state index contributed by atoms with van der Waals surface area (Å²) in [6.07, 6.45) is -11.2. The van der Waals surface area contributed by atoms with Crippen LogP contribution >= 0.6 is 0 Å². The summed E-state index contributed by atoms with van der Waals surface area (Å²) in [6.45, 7) is -1.26. The molecular weight excluding hydrogens is 500 g/mol. The van der Waals surface area contributed by atoms with Crippen LogP contribution in [0.2, 0.25) is 0 Å². The SMILES string of the molecule is COc1cc(/C=C/CO[C@H]2O[C@@H](CO)[C@H](O)[C@@H](O)[C@@H]2O)cc(OC)c1O[C@@H]1O[C@H](CO)[C@@H](O)[C@H](O)[C@H]1O. The Morgan fingerprint density at radius 3 is 1.70 bits per heavy atom. The average molecular weight is 535 g/mol. The third-order valence-electron chi connectivity index (χ3n) is 6.08. The molecule has 0 radical (unpaired) electrons. The lowest BCUT2D eigenvalue weighted by molar-refractivity contribution is -0.298. The molecule has 14 nitrogen and oxygen atoms in total. The second-order valence-corrected chi connectivity index (χ2v) is 8.50. The quantitative estimate of drug-likeness (QED) is 0.148. The van der Waals surface area contributed by atoms with E-state index in [4.69, 9.17) is 28.4 Å². The molecule has 0 bridgehead atoms. The molecule has 2 saturated heterocycles. The third-order valence-corrected chi connectivity index (χ3v) is 6.08. The van der Waals surface area contributed by atoms with Gasteiger partial charge in [0.05, 0.1) is 34.0 Å². The molecule has 0 unspecified atom stereocenters. The van der Waals surface area contributed by atoms with Gasteiger partial charge in [-0.15, -0.1) is 0 Å². The van der Waals surface area contributed by atoms with E-state index in [0.717, 1.165) is 0 Å². The molecule has 0 amide bonds. The maximum Gasteiger partial charge on any atom is 0.229 e. The summed E-state index contributed by atoms with van der Waals surface area (Å²) < 4.78 is 32.5. The van der Waals surface area contributed by atoms with Crippen molar-refractivity contribution >= 4 is 6.08 Å². The van der Waals surface area contributed by atoms with E-state index in [1.165, 1.54) is 14.2 Å². The van der Waals surface area contributed by atoms with E-state index in [0.29, 0.717) is 5.56 Å². The van der Waals surface area contributed by atoms with Crippen LogP contribution in [0.5, 0.6) is 17.2 Å². The van der Waals surface area contributed by atoms with Crippen LogP contribution in [0.25, 0.3) is 6.08 Å². The van der Waals surface area contributed by atoms with Gasteiger partial charge in [-0.05, 0) is 17.7 Å². The van der Waals surface area contributed by atoms with E-state index in [1.54, 1.807) is 24.3 Å². The molecule has 0 aromatic heterocycles. The molecule has 0 spiro atoms. The fourth-order valence-corrected chi connectivity index (χ4v) is 3.93. The lowest BCUT2D eigenvalue weighted by atomic mass is 9.99. The van der Waals surface area contributed by atoms with Crippen molar-refractivity contribution in [2.75, 3.05) is 34.0 Å². The highest BCUT2D eigenvalue weighted by Crippen LogP contribution is 2.41. The van der Waals surface area contributed by atoms with Gasteiger partial charge < -0.3 is 69.3 Å². The minimum atomic E-state index is -1.63. The van der Waals surface area contributed by atoms with Gasteiger partial charge in [0.1, 0.15) is 48.8 Å². The zero-order chi connectivity index (χ0) is 27.3. The summed E-state index contributed by atoms with van der Waals surface area (Å²) >= 11 is 0. The highest BCUT2D eigenvalue weighted by atomic mass is 16.7. The van der Waals surface area contributed by atoms with E-state index in [-0.39, 0.29) is 23.9 Å². The molecule has 8 N–H and O–H groups in total. The van der Waals surface area contributed by atoms with Crippen LogP contribution in [0.15, 0.2) is 18.2 Å². The van der Waals surface area contributed by atoms with Crippen LogP contribution in [-0.4, -0.2) is 136 Å². The molecule has 1 aromatic carbocycles. The van der Waals surface area contributed by atoms with Crippen LogP contribution in [0.4, 0.5) is 0 Å². The molecule has 1 aromatic rings. The lowest BCUT2D eigenvalue weighted by Crippen LogP contribution is -2.60. The first kappa shape index (κ1) is 29.5. The number of methoxy groups -OCH3 is 2. The maximum absolute atomic E-state index is 10.3. The molecule has 2 aliphatic rings. The largest absolute Gasteiger partial charge is 0.493 e. The van der Waals surface area contributed by atoms with Crippen molar-refractivity contribution in [3.05, 3.63) is 23.8 Å². The van der Waals surface area contributed by atoms with Gasteiger partial charge in [0.2, 0.25) is 12.0 Å². The molecule has 0 aliphatic carbocycles. The summed E-state index contributed by atoms with van der Waals surface area (Å²) in [5.74, 6) is 0.376. The Kier molecular flexibility index (Phi) is 10.5. The lowest BCUT2D eigenvalue weighted by Gasteiger charge is -2.39. The van der Waals surface area contributed by atoms with Gasteiger partial charge in [-0.1, -0.05) is 12.2 Å². The van der Waals surface area contributed by atoms with Gasteiger partial charge in [-0.3, -0.25) is 0 Å². The van der Waals surface area contributed by atoms with Crippen molar-refractivity contribution in [2.24, 2.45) is 0 Å². The van der Waals surface area contributed by atoms with Gasteiger partial charge >= 0.3 is 0 Å². The predicted octanol–water partition coefficient (Wildman–Crippen LogP) is -3.29. The van der Waals surface area contributed by atoms with Crippen molar-refractivity contribution in [3.8, 4) is 17.2 Å². The zero-order valence-electron chi connectivity index (χ0n) is 20.2. The van der Waals surface area contributed by atoms with Crippen molar-refractivity contribution in [3.63, 3.8) is 0 Å². The fourth-order valence-electron chi connectivity index (χ4n) is 3.93. The van der Waals surface area contributed by atoms with E-state index < -0.39 is 74.6 Å². The highest BCUT2D eigenvalue weighted by molar-refractivity contribution is 5.62. The molecule has 37 heavy (non-hydrogen) atoms. The molecule has 2 heterocycles. The second-order valence-electron chi connectivity index (χ2n) is 8.50. The molecule has 3 rings (SSSR count). The van der Waals surface area contributed by atoms with Crippen molar-refractivity contribution in [1.82, 2.24) is 0 Å². The first-order valence-electron chi connectivity index (χ1n) is 11.5. The molecule has 14 heteroatoms. The van der Waals surface area contributed by atoms with Crippen molar-refractivity contribution in [1.29, 1.82) is 0 Å². The number of rotatable bonds is 10. The Morgan fingerprint density at radius 1 is 0.730 bits per heavy atom. The normalized spacial score (nSPS) is 36.5. The van der Waals surface area contributed by atoms with Crippen LogP contribution in [0.1, 0.15) is 5.56 Å². The number of aliphatic hydroxyl groups is 8. The molecule has 2 fully saturated rings. The summed E-state index contributed by atoms with van der Waals surface area (Å²) in [7, 11) is 2.73. The molecule has 2 aliphatic heterocycles. The summed E-state index contributed by atoms with van der Waals surface area (Å²) in [4.78, 5) is 0. The van der Waals surface area contributed by atoms with Gasteiger partial charge in [0.15, 0.2) is 17.8 Å². The minimum absolute atomic E-state index is 0.0315. The van der Waals surface area contributed by atoms with Crippen LogP contribution < -0.4 is 14.2 Å². The standard InChI is InChI=1S/C23H34O14/c1-32-11-6-10(4-3-5-34-22-19(30)17(28)15(26)13(8-24)35-22)7-12(33-2)21(11)37-23-20(31)18(29)16(27)14(9-25)36-23/h3-4,6-7,13-20,22-31H,5,8-9H2,1-2H3/b4-3+/t13-,14+,15-,16+,17+,18-,19-,20+,22-,23-/m0/s1. The van der Waals surface area contributed by atoms with Crippen LogP contribution in [-0.2, 0) is 14.2 Å². The Labute approximate surface area is 212 Å². The monoisotopic (exact) mass is 534 g/mol. The predicted molar refractivity (Wildman–Crippen MR) is 123 cm³/mol. The van der Waals surface area contributed by atoms with E-state index in [9.17, 15) is 40.9 Å². The highest BCUT2D eigenvalue weighted by Gasteiger charge is 2.45. The Balaban J connectivity index is 1.70. The number of ether oxygens (including phenoxy) is 6. The number of aliphatic hydroxyl groups excluding tert-OH is 8. The van der Waals surface area contributed by atoms with Gasteiger partial charge in [-0.25, -0.2) is 0 Å². The summed E-state index contributed by atoms with van der Waals surface area (Å²) in [5, 5.41) is 78.6. The molecule has 10 atom stereocenters. The maximum atomic E-state index is 10.3. The first-order valence-corrected chi connectivity index (χ1v) is 11.5. The minimum Gasteiger partial charge on any atom is -0.493 e. The van der Waals surface area contributed by atoms with E-state index in [1.807, 2.05) is 0 Å². The number of hydrogen-bond donors (Lipinski definition) is 8. The van der Waals surface area contributed by atoms with Gasteiger partial charge in [0, 0.05) is 0 Å². The molecule has 210 valence electrons. The smallest absolute Gasteiger partial charge is 0.229 e. The topological polar surface area (TPSA) is 217 Å². The van der Waals surface area contributed by atoms with Crippen LogP contribution in [0.3, 0.4) is 0 Å². The fraction of sp³-hybridized carbons (Fsp3) is 0.652. The number of benzene rings is 1. The molecular formula is C23H34O14. The number of hydrogen-bond acceptors (Lipinski definition) is 14. The van der Waals surface area contributed by atoms with E-state index in [2.05, 4.69) is 0 Å². The zero-order valence-corrected chi connectivity index (χ0v) is 20.2. The van der Waals surface area contributed by atoms with E-state index >= 15 is 0 Å². The summed E-state index contributed by atoms with van der Waals surface area (Å²) in [5.41, 5.74) is 0.562. The van der Waals surface area contributed by atoms with Crippen molar-refractivity contribution in [2.45, 2.75) is 61.4 Å². The first-order chi connectivity index (χ1) is 17.7. The van der Waals surface area contributed by atoms with Gasteiger partial charge in [-0.2, -0.15) is 0 Å². The Morgan fingerprint density at radius 2 is 1.22 bits per heavy atom. The third kappa shape index (κ3) is 6.50. The average Bonchev–Trinajstić information content (AvgIpc) is 2.91. The summed E-state index contributed by atoms with van der Waals surface area (Å²) in [6, 6.07) is 3.12. The molecule has 0 saturated carbocycles. The van der Waals surface area contributed by atoms with Crippen LogP contribution in [0, 0.1) is 0 Å². The Bertz CT molecular complexity index is 867. The second kappa shape index (κ2) is 13.1. The van der Waals surface area contributed by atoms with Crippen molar-refractivity contribution < 1.29 is 69.3 Å². The Hall–Kier alpha value is -2.08.